The van der Waals surface area contributed by atoms with Gasteiger partial charge in [-0.2, -0.15) is 0 Å². The second-order valence-corrected chi connectivity index (χ2v) is 10.6. The first-order valence-electron chi connectivity index (χ1n) is 12.5. The van der Waals surface area contributed by atoms with Crippen LogP contribution in [0.2, 0.25) is 15.1 Å². The number of rotatable bonds is 10. The Morgan fingerprint density at radius 2 is 1.62 bits per heavy atom. The highest BCUT2D eigenvalue weighted by atomic mass is 35.5. The fourth-order valence-corrected chi connectivity index (χ4v) is 5.29. The lowest BCUT2D eigenvalue weighted by Crippen LogP contribution is -2.42. The molecule has 7 nitrogen and oxygen atoms in total. The van der Waals surface area contributed by atoms with E-state index >= 15 is 0 Å². The summed E-state index contributed by atoms with van der Waals surface area (Å²) in [5.41, 5.74) is 1.94. The van der Waals surface area contributed by atoms with Gasteiger partial charge >= 0.3 is 5.97 Å². The number of amides is 1. The minimum absolute atomic E-state index is 0.0507. The molecule has 0 saturated carbocycles. The standard InChI is InChI=1S/C29H29Cl3N2O5/c1-38-26-16-19(7-10-22(26)30)17-34-13-11-21(12-14-34)39-20-8-5-18(6-9-20)15-25(29(36)37)33-28(35)27-23(31)3-2-4-24(27)32/h2-10,16,21,25H,11-15,17H2,1H3,(H,33,35)(H,36,37)/t25-/m0/s1. The van der Waals surface area contributed by atoms with E-state index in [0.29, 0.717) is 10.8 Å². The van der Waals surface area contributed by atoms with E-state index in [9.17, 15) is 14.7 Å². The first-order chi connectivity index (χ1) is 18.7. The van der Waals surface area contributed by atoms with E-state index in [2.05, 4.69) is 10.2 Å². The van der Waals surface area contributed by atoms with Crippen molar-refractivity contribution in [3.8, 4) is 11.5 Å². The van der Waals surface area contributed by atoms with Crippen LogP contribution >= 0.6 is 34.8 Å². The Hall–Kier alpha value is -2.97. The molecule has 3 aromatic carbocycles. The van der Waals surface area contributed by atoms with Gasteiger partial charge in [0.25, 0.3) is 5.91 Å². The van der Waals surface area contributed by atoms with Crippen molar-refractivity contribution in [1.29, 1.82) is 0 Å². The highest BCUT2D eigenvalue weighted by Crippen LogP contribution is 2.27. The van der Waals surface area contributed by atoms with Crippen molar-refractivity contribution >= 4 is 46.7 Å². The number of hydrogen-bond donors (Lipinski definition) is 2. The van der Waals surface area contributed by atoms with Gasteiger partial charge < -0.3 is 19.9 Å². The second-order valence-electron chi connectivity index (χ2n) is 9.37. The van der Waals surface area contributed by atoms with Crippen LogP contribution in [0, 0.1) is 0 Å². The quantitative estimate of drug-likeness (QED) is 0.295. The summed E-state index contributed by atoms with van der Waals surface area (Å²) >= 11 is 18.3. The Labute approximate surface area is 242 Å². The number of aliphatic carboxylic acids is 1. The molecule has 2 N–H and O–H groups in total. The largest absolute Gasteiger partial charge is 0.495 e. The summed E-state index contributed by atoms with van der Waals surface area (Å²) in [7, 11) is 1.61. The van der Waals surface area contributed by atoms with Gasteiger partial charge in [0.05, 0.1) is 27.7 Å². The highest BCUT2D eigenvalue weighted by molar-refractivity contribution is 6.39. The van der Waals surface area contributed by atoms with Crippen molar-refractivity contribution in [2.24, 2.45) is 0 Å². The van der Waals surface area contributed by atoms with Gasteiger partial charge in [0.2, 0.25) is 0 Å². The maximum Gasteiger partial charge on any atom is 0.326 e. The number of nitrogens with one attached hydrogen (secondary N) is 1. The average molecular weight is 592 g/mol. The van der Waals surface area contributed by atoms with Crippen LogP contribution in [-0.2, 0) is 17.8 Å². The molecule has 4 rings (SSSR count). The minimum Gasteiger partial charge on any atom is -0.495 e. The topological polar surface area (TPSA) is 88.1 Å². The van der Waals surface area contributed by atoms with Gasteiger partial charge in [-0.15, -0.1) is 0 Å². The predicted octanol–water partition coefficient (Wildman–Crippen LogP) is 6.12. The molecule has 1 aliphatic heterocycles. The van der Waals surface area contributed by atoms with E-state index in [4.69, 9.17) is 44.3 Å². The Bertz CT molecular complexity index is 1290. The van der Waals surface area contributed by atoms with Crippen LogP contribution in [-0.4, -0.2) is 54.2 Å². The Kier molecular flexibility index (Phi) is 9.97. The fourth-order valence-electron chi connectivity index (χ4n) is 4.52. The summed E-state index contributed by atoms with van der Waals surface area (Å²) in [6.45, 7) is 2.63. The van der Waals surface area contributed by atoms with Gasteiger partial charge in [-0.25, -0.2) is 4.79 Å². The van der Waals surface area contributed by atoms with Gasteiger partial charge in [0.15, 0.2) is 0 Å². The van der Waals surface area contributed by atoms with E-state index in [1.54, 1.807) is 13.2 Å². The van der Waals surface area contributed by atoms with E-state index in [-0.39, 0.29) is 28.1 Å². The molecule has 1 atom stereocenters. The zero-order chi connectivity index (χ0) is 27.9. The molecule has 206 valence electrons. The van der Waals surface area contributed by atoms with Crippen molar-refractivity contribution < 1.29 is 24.2 Å². The van der Waals surface area contributed by atoms with E-state index in [1.807, 2.05) is 42.5 Å². The van der Waals surface area contributed by atoms with Gasteiger partial charge in [-0.1, -0.05) is 59.1 Å². The summed E-state index contributed by atoms with van der Waals surface area (Å²) in [5, 5.41) is 13.1. The average Bonchev–Trinajstić information content (AvgIpc) is 2.91. The molecule has 10 heteroatoms. The zero-order valence-corrected chi connectivity index (χ0v) is 23.6. The third-order valence-electron chi connectivity index (χ3n) is 6.62. The molecule has 1 saturated heterocycles. The molecule has 0 radical (unpaired) electrons. The van der Waals surface area contributed by atoms with Gasteiger partial charge in [-0.3, -0.25) is 9.69 Å². The molecular formula is C29H29Cl3N2O5. The summed E-state index contributed by atoms with van der Waals surface area (Å²) in [4.78, 5) is 26.9. The summed E-state index contributed by atoms with van der Waals surface area (Å²) in [6.07, 6.45) is 1.98. The molecular weight excluding hydrogens is 563 g/mol. The lowest BCUT2D eigenvalue weighted by Gasteiger charge is -2.32. The molecule has 1 amide bonds. The fraction of sp³-hybridized carbons (Fsp3) is 0.310. The Morgan fingerprint density at radius 3 is 2.23 bits per heavy atom. The lowest BCUT2D eigenvalue weighted by molar-refractivity contribution is -0.139. The molecule has 0 aliphatic carbocycles. The molecule has 1 fully saturated rings. The molecule has 0 aromatic heterocycles. The van der Waals surface area contributed by atoms with Crippen LogP contribution in [0.4, 0.5) is 0 Å². The van der Waals surface area contributed by atoms with Crippen molar-refractivity contribution in [3.05, 3.63) is 92.4 Å². The monoisotopic (exact) mass is 590 g/mol. The van der Waals surface area contributed by atoms with E-state index in [1.165, 1.54) is 12.1 Å². The van der Waals surface area contributed by atoms with Gasteiger partial charge in [-0.05, 0) is 60.4 Å². The zero-order valence-electron chi connectivity index (χ0n) is 21.3. The lowest BCUT2D eigenvalue weighted by atomic mass is 10.0. The smallest absolute Gasteiger partial charge is 0.326 e. The number of carbonyl (C=O) groups is 2. The van der Waals surface area contributed by atoms with E-state index < -0.39 is 17.9 Å². The van der Waals surface area contributed by atoms with Crippen LogP contribution in [0.5, 0.6) is 11.5 Å². The number of nitrogens with zero attached hydrogens (tertiary/aromatic N) is 1. The molecule has 0 spiro atoms. The molecule has 3 aromatic rings. The van der Waals surface area contributed by atoms with Gasteiger partial charge in [0.1, 0.15) is 23.6 Å². The van der Waals surface area contributed by atoms with Crippen LogP contribution in [0.15, 0.2) is 60.7 Å². The number of carbonyl (C=O) groups excluding carboxylic acids is 1. The molecule has 39 heavy (non-hydrogen) atoms. The number of likely N-dealkylation sites (tertiary alicyclic amines) is 1. The summed E-state index contributed by atoms with van der Waals surface area (Å²) < 4.78 is 11.5. The predicted molar refractivity (Wildman–Crippen MR) is 152 cm³/mol. The Morgan fingerprint density at radius 1 is 0.974 bits per heavy atom. The number of halogens is 3. The van der Waals surface area contributed by atoms with Crippen LogP contribution in [0.1, 0.15) is 34.3 Å². The van der Waals surface area contributed by atoms with Crippen LogP contribution in [0.25, 0.3) is 0 Å². The summed E-state index contributed by atoms with van der Waals surface area (Å²) in [5.74, 6) is -0.397. The molecule has 0 unspecified atom stereocenters. The van der Waals surface area contributed by atoms with Gasteiger partial charge in [0, 0.05) is 26.1 Å². The summed E-state index contributed by atoms with van der Waals surface area (Å²) in [6, 6.07) is 16.6. The van der Waals surface area contributed by atoms with Crippen molar-refractivity contribution in [1.82, 2.24) is 10.2 Å². The highest BCUT2D eigenvalue weighted by Gasteiger charge is 2.24. The number of piperidine rings is 1. The normalized spacial score (nSPS) is 15.0. The number of methoxy groups -OCH3 is 1. The first-order valence-corrected chi connectivity index (χ1v) is 13.6. The number of benzene rings is 3. The third-order valence-corrected chi connectivity index (χ3v) is 7.56. The van der Waals surface area contributed by atoms with Crippen LogP contribution < -0.4 is 14.8 Å². The number of ether oxygens (including phenoxy) is 2. The molecule has 1 heterocycles. The minimum atomic E-state index is -1.16. The third kappa shape index (κ3) is 7.79. The number of carboxylic acids is 1. The second kappa shape index (κ2) is 13.4. The molecule has 1 aliphatic rings. The van der Waals surface area contributed by atoms with Crippen molar-refractivity contribution in [3.63, 3.8) is 0 Å². The maximum absolute atomic E-state index is 12.7. The first kappa shape index (κ1) is 29.0. The maximum atomic E-state index is 12.7. The molecule has 0 bridgehead atoms. The van der Waals surface area contributed by atoms with Crippen molar-refractivity contribution in [2.75, 3.05) is 20.2 Å². The Balaban J connectivity index is 1.28. The van der Waals surface area contributed by atoms with E-state index in [0.717, 1.165) is 49.4 Å². The number of carboxylic acid groups (broad SMARTS) is 1. The SMILES string of the molecule is COc1cc(CN2CCC(Oc3ccc(C[C@H](NC(=O)c4c(Cl)cccc4Cl)C(=O)O)cc3)CC2)ccc1Cl. The number of hydrogen-bond acceptors (Lipinski definition) is 5. The van der Waals surface area contributed by atoms with Crippen molar-refractivity contribution in [2.45, 2.75) is 38.0 Å². The van der Waals surface area contributed by atoms with Crippen LogP contribution in [0.3, 0.4) is 0 Å².